The predicted molar refractivity (Wildman–Crippen MR) is 112 cm³/mol. The Bertz CT molecular complexity index is 735. The second kappa shape index (κ2) is 11.1. The van der Waals surface area contributed by atoms with E-state index >= 15 is 0 Å². The van der Waals surface area contributed by atoms with Crippen LogP contribution >= 0.6 is 23.1 Å². The van der Waals surface area contributed by atoms with Crippen LogP contribution < -0.4 is 10.6 Å². The summed E-state index contributed by atoms with van der Waals surface area (Å²) in [6.45, 7) is 1.91. The van der Waals surface area contributed by atoms with Gasteiger partial charge in [-0.15, -0.1) is 11.3 Å². The van der Waals surface area contributed by atoms with Crippen LogP contribution in [0.25, 0.3) is 0 Å². The molecular weight excluding hydrogens is 380 g/mol. The third kappa shape index (κ3) is 6.68. The number of carbonyl (C=O) groups is 2. The molecule has 0 bridgehead atoms. The zero-order valence-corrected chi connectivity index (χ0v) is 17.2. The summed E-state index contributed by atoms with van der Waals surface area (Å²) in [6.07, 6.45) is 2.95. The van der Waals surface area contributed by atoms with Gasteiger partial charge in [-0.25, -0.2) is 0 Å². The first-order valence-electron chi connectivity index (χ1n) is 8.86. The fourth-order valence-electron chi connectivity index (χ4n) is 2.71. The highest BCUT2D eigenvalue weighted by Crippen LogP contribution is 2.22. The lowest BCUT2D eigenvalue weighted by molar-refractivity contribution is -0.123. The van der Waals surface area contributed by atoms with Gasteiger partial charge in [0.25, 0.3) is 5.91 Å². The van der Waals surface area contributed by atoms with Crippen LogP contribution in [0.2, 0.25) is 0 Å². The van der Waals surface area contributed by atoms with Gasteiger partial charge in [-0.1, -0.05) is 23.8 Å². The predicted octanol–water partition coefficient (Wildman–Crippen LogP) is 3.15. The van der Waals surface area contributed by atoms with Crippen LogP contribution in [0, 0.1) is 6.92 Å². The zero-order valence-electron chi connectivity index (χ0n) is 15.6. The molecule has 0 saturated carbocycles. The summed E-state index contributed by atoms with van der Waals surface area (Å²) in [6, 6.07) is 10.3. The molecule has 27 heavy (non-hydrogen) atoms. The topological polar surface area (TPSA) is 78.4 Å². The molecule has 2 atom stereocenters. The molecule has 5 nitrogen and oxygen atoms in total. The van der Waals surface area contributed by atoms with Crippen molar-refractivity contribution >= 4 is 34.9 Å². The third-order valence-electron chi connectivity index (χ3n) is 4.13. The number of hydrogen-bond donors (Lipinski definition) is 3. The molecule has 0 aliphatic heterocycles. The third-order valence-corrected chi connectivity index (χ3v) is 5.76. The van der Waals surface area contributed by atoms with Crippen molar-refractivity contribution < 1.29 is 14.7 Å². The van der Waals surface area contributed by atoms with Crippen LogP contribution in [0.15, 0.2) is 41.8 Å². The molecule has 7 heteroatoms. The first kappa shape index (κ1) is 21.5. The number of benzene rings is 1. The lowest BCUT2D eigenvalue weighted by Crippen LogP contribution is -2.48. The number of thiophene rings is 1. The van der Waals surface area contributed by atoms with E-state index in [-0.39, 0.29) is 24.5 Å². The number of amides is 2. The Morgan fingerprint density at radius 1 is 1.19 bits per heavy atom. The molecule has 2 rings (SSSR count). The molecule has 2 aromatic rings. The van der Waals surface area contributed by atoms with E-state index in [1.165, 1.54) is 11.3 Å². The van der Waals surface area contributed by atoms with Crippen LogP contribution in [0.1, 0.15) is 39.7 Å². The summed E-state index contributed by atoms with van der Waals surface area (Å²) < 4.78 is 0. The minimum atomic E-state index is -0.619. The maximum absolute atomic E-state index is 12.9. The number of thioether (sulfide) groups is 1. The van der Waals surface area contributed by atoms with Gasteiger partial charge in [0.2, 0.25) is 5.91 Å². The van der Waals surface area contributed by atoms with E-state index in [0.29, 0.717) is 18.4 Å². The maximum atomic E-state index is 12.9. The van der Waals surface area contributed by atoms with Gasteiger partial charge in [0.1, 0.15) is 6.04 Å². The number of hydrogen-bond acceptors (Lipinski definition) is 5. The van der Waals surface area contributed by atoms with Crippen LogP contribution in [-0.4, -0.2) is 41.6 Å². The van der Waals surface area contributed by atoms with E-state index in [9.17, 15) is 14.7 Å². The van der Waals surface area contributed by atoms with Crippen molar-refractivity contribution in [2.75, 3.05) is 18.6 Å². The van der Waals surface area contributed by atoms with Crippen molar-refractivity contribution in [1.29, 1.82) is 0 Å². The first-order chi connectivity index (χ1) is 13.0. The summed E-state index contributed by atoms with van der Waals surface area (Å²) in [4.78, 5) is 26.4. The van der Waals surface area contributed by atoms with Crippen LogP contribution in [0.4, 0.5) is 0 Å². The van der Waals surface area contributed by atoms with E-state index < -0.39 is 6.04 Å². The lowest BCUT2D eigenvalue weighted by Gasteiger charge is -2.22. The number of carbonyl (C=O) groups excluding carboxylic acids is 2. The summed E-state index contributed by atoms with van der Waals surface area (Å²) in [5.41, 5.74) is 1.54. The zero-order chi connectivity index (χ0) is 19.6. The monoisotopic (exact) mass is 406 g/mol. The molecule has 1 aromatic heterocycles. The molecule has 3 N–H and O–H groups in total. The van der Waals surface area contributed by atoms with Crippen molar-refractivity contribution in [2.45, 2.75) is 31.8 Å². The second-order valence-corrected chi connectivity index (χ2v) is 8.23. The molecule has 0 aliphatic carbocycles. The molecule has 1 heterocycles. The molecule has 0 spiro atoms. The van der Waals surface area contributed by atoms with Gasteiger partial charge in [0.05, 0.1) is 6.04 Å². The normalized spacial score (nSPS) is 13.0. The van der Waals surface area contributed by atoms with Gasteiger partial charge < -0.3 is 15.7 Å². The molecule has 2 amide bonds. The lowest BCUT2D eigenvalue weighted by atomic mass is 10.1. The highest BCUT2D eigenvalue weighted by molar-refractivity contribution is 7.98. The average molecular weight is 407 g/mol. The van der Waals surface area contributed by atoms with Crippen LogP contribution in [0.3, 0.4) is 0 Å². The van der Waals surface area contributed by atoms with Crippen LogP contribution in [-0.2, 0) is 4.79 Å². The average Bonchev–Trinajstić information content (AvgIpc) is 3.19. The Balaban J connectivity index is 2.09. The Labute approximate surface area is 168 Å². The van der Waals surface area contributed by atoms with Gasteiger partial charge >= 0.3 is 0 Å². The number of aliphatic hydroxyl groups excluding tert-OH is 1. The summed E-state index contributed by atoms with van der Waals surface area (Å²) in [7, 11) is 0. The largest absolute Gasteiger partial charge is 0.396 e. The SMILES string of the molecule is CSCC[C@@H](NC(=O)c1cccc(C)c1)C(=O)N[C@@H](CCO)c1cccs1. The molecule has 0 saturated heterocycles. The minimum absolute atomic E-state index is 0.0199. The van der Waals surface area contributed by atoms with Gasteiger partial charge in [0, 0.05) is 17.0 Å². The smallest absolute Gasteiger partial charge is 0.251 e. The van der Waals surface area contributed by atoms with Gasteiger partial charge in [-0.2, -0.15) is 11.8 Å². The Hall–Kier alpha value is -1.83. The van der Waals surface area contributed by atoms with Crippen molar-refractivity contribution in [2.24, 2.45) is 0 Å². The van der Waals surface area contributed by atoms with E-state index in [1.807, 2.05) is 42.8 Å². The molecule has 0 radical (unpaired) electrons. The van der Waals surface area contributed by atoms with Crippen molar-refractivity contribution in [1.82, 2.24) is 10.6 Å². The number of rotatable bonds is 10. The van der Waals surface area contributed by atoms with Gasteiger partial charge in [-0.3, -0.25) is 9.59 Å². The molecule has 0 unspecified atom stereocenters. The Morgan fingerprint density at radius 3 is 2.63 bits per heavy atom. The Morgan fingerprint density at radius 2 is 2.00 bits per heavy atom. The quantitative estimate of drug-likeness (QED) is 0.566. The molecular formula is C20H26N2O3S2. The second-order valence-electron chi connectivity index (χ2n) is 6.27. The number of nitrogens with one attached hydrogen (secondary N) is 2. The molecule has 1 aromatic carbocycles. The maximum Gasteiger partial charge on any atom is 0.251 e. The molecule has 0 fully saturated rings. The number of aryl methyl sites for hydroxylation is 1. The van der Waals surface area contributed by atoms with E-state index in [4.69, 9.17) is 0 Å². The minimum Gasteiger partial charge on any atom is -0.396 e. The van der Waals surface area contributed by atoms with Gasteiger partial charge in [0.15, 0.2) is 0 Å². The van der Waals surface area contributed by atoms with Crippen LogP contribution in [0.5, 0.6) is 0 Å². The fourth-order valence-corrected chi connectivity index (χ4v) is 3.99. The number of aliphatic hydroxyl groups is 1. The fraction of sp³-hybridized carbons (Fsp3) is 0.400. The standard InChI is InChI=1S/C20H26N2O3S2/c1-14-5-3-6-15(13-14)19(24)22-17(9-12-26-2)20(25)21-16(8-10-23)18-7-4-11-27-18/h3-7,11,13,16-17,23H,8-10,12H2,1-2H3,(H,21,25)(H,22,24)/t16-,17+/m0/s1. The summed E-state index contributed by atoms with van der Waals surface area (Å²) in [5.74, 6) is 0.280. The van der Waals surface area contributed by atoms with E-state index in [2.05, 4.69) is 10.6 Å². The molecule has 146 valence electrons. The van der Waals surface area contributed by atoms with E-state index in [1.54, 1.807) is 23.9 Å². The Kier molecular flexibility index (Phi) is 8.84. The van der Waals surface area contributed by atoms with Crippen molar-refractivity contribution in [3.63, 3.8) is 0 Å². The van der Waals surface area contributed by atoms with E-state index in [0.717, 1.165) is 16.2 Å². The van der Waals surface area contributed by atoms with Crippen molar-refractivity contribution in [3.8, 4) is 0 Å². The highest BCUT2D eigenvalue weighted by Gasteiger charge is 2.24. The summed E-state index contributed by atoms with van der Waals surface area (Å²) >= 11 is 3.17. The highest BCUT2D eigenvalue weighted by atomic mass is 32.2. The summed E-state index contributed by atoms with van der Waals surface area (Å²) in [5, 5.41) is 17.1. The first-order valence-corrected chi connectivity index (χ1v) is 11.1. The van der Waals surface area contributed by atoms with Crippen molar-refractivity contribution in [3.05, 3.63) is 57.8 Å². The van der Waals surface area contributed by atoms with Gasteiger partial charge in [-0.05, 0) is 55.4 Å². The molecule has 0 aliphatic rings.